The van der Waals surface area contributed by atoms with Gasteiger partial charge in [0, 0.05) is 18.9 Å². The number of phenolic OH excluding ortho intramolecular Hbond substituents is 2. The maximum Gasteiger partial charge on any atom is 0.342 e. The van der Waals surface area contributed by atoms with Crippen molar-refractivity contribution in [1.29, 1.82) is 0 Å². The minimum absolute atomic E-state index is 0.123. The fourth-order valence-corrected chi connectivity index (χ4v) is 2.43. The second-order valence-electron chi connectivity index (χ2n) is 5.73. The molecule has 0 saturated carbocycles. The number of benzene rings is 1. The van der Waals surface area contributed by atoms with Crippen LogP contribution >= 0.6 is 0 Å². The molecule has 2 unspecified atom stereocenters. The fraction of sp³-hybridized carbons (Fsp3) is 0.333. The Labute approximate surface area is 139 Å². The van der Waals surface area contributed by atoms with Gasteiger partial charge in [0.15, 0.2) is 5.78 Å². The van der Waals surface area contributed by atoms with Crippen LogP contribution in [0.15, 0.2) is 36.4 Å². The Kier molecular flexibility index (Phi) is 5.76. The maximum absolute atomic E-state index is 12.3. The average molecular weight is 332 g/mol. The van der Waals surface area contributed by atoms with Gasteiger partial charge >= 0.3 is 5.97 Å². The molecular formula is C18H20O6. The van der Waals surface area contributed by atoms with Crippen LogP contribution in [0.3, 0.4) is 0 Å². The highest BCUT2D eigenvalue weighted by atomic mass is 16.5. The second kappa shape index (κ2) is 7.79. The van der Waals surface area contributed by atoms with Crippen LogP contribution in [0.5, 0.6) is 11.5 Å². The number of hydrogen-bond donors (Lipinski definition) is 3. The fourth-order valence-electron chi connectivity index (χ4n) is 2.43. The van der Waals surface area contributed by atoms with E-state index in [1.165, 1.54) is 12.1 Å². The molecule has 0 aliphatic carbocycles. The van der Waals surface area contributed by atoms with Crippen molar-refractivity contribution in [2.24, 2.45) is 0 Å². The summed E-state index contributed by atoms with van der Waals surface area (Å²) >= 11 is 0. The Morgan fingerprint density at radius 2 is 1.88 bits per heavy atom. The first kappa shape index (κ1) is 17.7. The number of phenols is 2. The van der Waals surface area contributed by atoms with Crippen molar-refractivity contribution >= 4 is 11.8 Å². The zero-order valence-corrected chi connectivity index (χ0v) is 13.3. The van der Waals surface area contributed by atoms with Gasteiger partial charge in [-0.2, -0.15) is 0 Å². The van der Waals surface area contributed by atoms with Gasteiger partial charge in [0.05, 0.1) is 6.10 Å². The summed E-state index contributed by atoms with van der Waals surface area (Å²) in [5.41, 5.74) is 0.0648. The van der Waals surface area contributed by atoms with Gasteiger partial charge in [0.25, 0.3) is 0 Å². The molecule has 0 amide bonds. The molecule has 2 atom stereocenters. The molecule has 128 valence electrons. The number of ether oxygens (including phenoxy) is 1. The van der Waals surface area contributed by atoms with Gasteiger partial charge in [-0.3, -0.25) is 4.79 Å². The number of rotatable bonds is 0. The molecule has 0 bridgehead atoms. The van der Waals surface area contributed by atoms with E-state index in [9.17, 15) is 24.9 Å². The highest BCUT2D eigenvalue weighted by Crippen LogP contribution is 2.29. The molecule has 0 radical (unpaired) electrons. The summed E-state index contributed by atoms with van der Waals surface area (Å²) in [6.45, 7) is 1.68. The minimum Gasteiger partial charge on any atom is -0.508 e. The third-order valence-corrected chi connectivity index (χ3v) is 3.57. The highest BCUT2D eigenvalue weighted by Gasteiger charge is 2.22. The number of ketones is 1. The van der Waals surface area contributed by atoms with Crippen LogP contribution in [-0.2, 0) is 16.0 Å². The van der Waals surface area contributed by atoms with Gasteiger partial charge in [-0.05, 0) is 31.1 Å². The Morgan fingerprint density at radius 3 is 2.62 bits per heavy atom. The van der Waals surface area contributed by atoms with E-state index in [1.807, 2.05) is 0 Å². The molecular weight excluding hydrogens is 312 g/mol. The first-order valence-corrected chi connectivity index (χ1v) is 7.66. The standard InChI is InChI=1S/C18H20O6/c1-11-4-2-5-13(19)6-3-7-14(20)8-12-9-15(21)10-16(22)17(12)18(23)24-11/h2-3,5,7,9-11,13,19,21-22H,4,6,8H2,1H3/b5-2+,7-3+. The number of cyclic esters (lactones) is 1. The molecule has 1 aliphatic rings. The van der Waals surface area contributed by atoms with Crippen LogP contribution in [0.2, 0.25) is 0 Å². The molecule has 0 saturated heterocycles. The lowest BCUT2D eigenvalue weighted by atomic mass is 10.00. The summed E-state index contributed by atoms with van der Waals surface area (Å²) < 4.78 is 5.27. The molecule has 3 N–H and O–H groups in total. The molecule has 24 heavy (non-hydrogen) atoms. The molecule has 1 heterocycles. The van der Waals surface area contributed by atoms with E-state index in [1.54, 1.807) is 25.2 Å². The Balaban J connectivity index is 2.41. The molecule has 6 nitrogen and oxygen atoms in total. The van der Waals surface area contributed by atoms with E-state index in [-0.39, 0.29) is 35.5 Å². The predicted octanol–water partition coefficient (Wildman–Crippen LogP) is 2.02. The van der Waals surface area contributed by atoms with Gasteiger partial charge in [-0.25, -0.2) is 4.79 Å². The van der Waals surface area contributed by atoms with E-state index in [4.69, 9.17) is 4.74 Å². The number of aliphatic hydroxyl groups excluding tert-OH is 1. The first-order valence-electron chi connectivity index (χ1n) is 7.66. The minimum atomic E-state index is -0.766. The summed E-state index contributed by atoms with van der Waals surface area (Å²) in [4.78, 5) is 24.3. The Bertz CT molecular complexity index is 689. The lowest BCUT2D eigenvalue weighted by Gasteiger charge is -2.15. The van der Waals surface area contributed by atoms with E-state index in [2.05, 4.69) is 0 Å². The van der Waals surface area contributed by atoms with E-state index in [0.717, 1.165) is 6.07 Å². The summed E-state index contributed by atoms with van der Waals surface area (Å²) in [6.07, 6.45) is 5.44. The molecule has 1 aliphatic heterocycles. The van der Waals surface area contributed by atoms with Crippen molar-refractivity contribution in [2.45, 2.75) is 38.4 Å². The maximum atomic E-state index is 12.3. The number of esters is 1. The molecule has 0 aromatic heterocycles. The van der Waals surface area contributed by atoms with E-state index >= 15 is 0 Å². The number of hydrogen-bond acceptors (Lipinski definition) is 6. The van der Waals surface area contributed by atoms with Crippen LogP contribution in [0.25, 0.3) is 0 Å². The lowest BCUT2D eigenvalue weighted by molar-refractivity contribution is -0.114. The molecule has 0 spiro atoms. The number of aliphatic hydroxyl groups is 1. The number of fused-ring (bicyclic) bond motifs is 1. The topological polar surface area (TPSA) is 104 Å². The quantitative estimate of drug-likeness (QED) is 0.496. The third kappa shape index (κ3) is 4.70. The highest BCUT2D eigenvalue weighted by molar-refractivity contribution is 5.98. The van der Waals surface area contributed by atoms with Crippen molar-refractivity contribution in [2.75, 3.05) is 0 Å². The summed E-state index contributed by atoms with van der Waals surface area (Å²) in [7, 11) is 0. The predicted molar refractivity (Wildman–Crippen MR) is 86.9 cm³/mol. The molecule has 1 aromatic rings. The van der Waals surface area contributed by atoms with Crippen molar-refractivity contribution in [3.05, 3.63) is 47.6 Å². The lowest BCUT2D eigenvalue weighted by Crippen LogP contribution is -2.17. The van der Waals surface area contributed by atoms with Crippen molar-refractivity contribution < 1.29 is 29.6 Å². The largest absolute Gasteiger partial charge is 0.508 e. The zero-order valence-electron chi connectivity index (χ0n) is 13.3. The smallest absolute Gasteiger partial charge is 0.342 e. The van der Waals surface area contributed by atoms with Crippen LogP contribution in [0.4, 0.5) is 0 Å². The van der Waals surface area contributed by atoms with Crippen molar-refractivity contribution in [3.63, 3.8) is 0 Å². The number of allylic oxidation sites excluding steroid dienone is 1. The SMILES string of the molecule is CC1C/C=C/C(O)C/C=C/C(=O)Cc2cc(O)cc(O)c2C(=O)O1. The second-order valence-corrected chi connectivity index (χ2v) is 5.73. The number of aromatic hydroxyl groups is 2. The first-order chi connectivity index (χ1) is 11.4. The van der Waals surface area contributed by atoms with Gasteiger partial charge in [-0.1, -0.05) is 18.2 Å². The van der Waals surface area contributed by atoms with Crippen LogP contribution in [-0.4, -0.2) is 39.3 Å². The van der Waals surface area contributed by atoms with Crippen LogP contribution < -0.4 is 0 Å². The molecule has 0 fully saturated rings. The number of carbonyl (C=O) groups is 2. The van der Waals surface area contributed by atoms with E-state index < -0.39 is 23.9 Å². The van der Waals surface area contributed by atoms with Crippen molar-refractivity contribution in [3.8, 4) is 11.5 Å². The summed E-state index contributed by atoms with van der Waals surface area (Å²) in [6, 6.07) is 2.29. The Morgan fingerprint density at radius 1 is 1.12 bits per heavy atom. The van der Waals surface area contributed by atoms with Crippen molar-refractivity contribution in [1.82, 2.24) is 0 Å². The normalized spacial score (nSPS) is 25.2. The Hall–Kier alpha value is -2.60. The van der Waals surface area contributed by atoms with Crippen LogP contribution in [0, 0.1) is 0 Å². The number of carbonyl (C=O) groups excluding carboxylic acids is 2. The molecule has 1 aromatic carbocycles. The monoisotopic (exact) mass is 332 g/mol. The summed E-state index contributed by atoms with van der Waals surface area (Å²) in [5, 5.41) is 29.3. The van der Waals surface area contributed by atoms with Gasteiger partial charge in [-0.15, -0.1) is 0 Å². The summed E-state index contributed by atoms with van der Waals surface area (Å²) in [5.74, 6) is -1.77. The zero-order chi connectivity index (χ0) is 17.7. The molecule has 2 rings (SSSR count). The average Bonchev–Trinajstić information content (AvgIpc) is 2.45. The van der Waals surface area contributed by atoms with Gasteiger partial charge in [0.1, 0.15) is 23.2 Å². The third-order valence-electron chi connectivity index (χ3n) is 3.57. The van der Waals surface area contributed by atoms with E-state index in [0.29, 0.717) is 6.42 Å². The van der Waals surface area contributed by atoms with Gasteiger partial charge < -0.3 is 20.1 Å². The van der Waals surface area contributed by atoms with Crippen LogP contribution in [0.1, 0.15) is 35.7 Å². The molecule has 6 heteroatoms. The van der Waals surface area contributed by atoms with Gasteiger partial charge in [0.2, 0.25) is 0 Å².